The van der Waals surface area contributed by atoms with Crippen LogP contribution in [0, 0.1) is 0 Å². The second-order valence-electron chi connectivity index (χ2n) is 5.99. The van der Waals surface area contributed by atoms with Gasteiger partial charge in [0.2, 0.25) is 0 Å². The van der Waals surface area contributed by atoms with Crippen molar-refractivity contribution in [2.45, 2.75) is 77.2 Å². The van der Waals surface area contributed by atoms with Gasteiger partial charge in [0, 0.05) is 12.5 Å². The highest BCUT2D eigenvalue weighted by Gasteiger charge is 2.02. The molecule has 2 N–H and O–H groups in total. The monoisotopic (exact) mass is 336 g/mol. The number of aliphatic hydroxyl groups excluding tert-OH is 1. The predicted octanol–water partition coefficient (Wildman–Crippen LogP) is 4.59. The Labute approximate surface area is 146 Å². The maximum atomic E-state index is 11.4. The molecule has 1 atom stereocenters. The third-order valence-corrected chi connectivity index (χ3v) is 3.67. The molecule has 0 bridgehead atoms. The van der Waals surface area contributed by atoms with Gasteiger partial charge in [-0.2, -0.15) is 0 Å². The van der Waals surface area contributed by atoms with Crippen LogP contribution in [0.4, 0.5) is 0 Å². The first kappa shape index (κ1) is 22.3. The third kappa shape index (κ3) is 16.7. The Balaban J connectivity index is 3.64. The first-order valence-electron chi connectivity index (χ1n) is 8.99. The summed E-state index contributed by atoms with van der Waals surface area (Å²) in [6.45, 7) is 2.21. The average Bonchev–Trinajstić information content (AvgIpc) is 2.53. The number of aliphatic hydroxyl groups is 1. The molecule has 0 aromatic rings. The van der Waals surface area contributed by atoms with Gasteiger partial charge in [-0.15, -0.1) is 0 Å². The number of hydrogen-bond acceptors (Lipinski definition) is 3. The second kappa shape index (κ2) is 16.2. The molecule has 0 aromatic carbocycles. The van der Waals surface area contributed by atoms with Crippen molar-refractivity contribution >= 4 is 11.8 Å². The summed E-state index contributed by atoms with van der Waals surface area (Å²) >= 11 is 0. The van der Waals surface area contributed by atoms with E-state index in [0.717, 1.165) is 31.8 Å². The fourth-order valence-corrected chi connectivity index (χ4v) is 2.27. The van der Waals surface area contributed by atoms with Gasteiger partial charge < -0.3 is 10.2 Å². The van der Waals surface area contributed by atoms with Crippen LogP contribution in [0.1, 0.15) is 71.1 Å². The summed E-state index contributed by atoms with van der Waals surface area (Å²) in [6.07, 6.45) is 18.8. The smallest absolute Gasteiger partial charge is 0.327 e. The van der Waals surface area contributed by atoms with Gasteiger partial charge in [0.05, 0.1) is 6.10 Å². The van der Waals surface area contributed by atoms with Crippen LogP contribution in [0.2, 0.25) is 0 Å². The first-order valence-corrected chi connectivity index (χ1v) is 8.99. The van der Waals surface area contributed by atoms with Crippen LogP contribution >= 0.6 is 0 Å². The molecule has 4 heteroatoms. The Kier molecular flexibility index (Phi) is 15.1. The number of hydrogen-bond donors (Lipinski definition) is 2. The molecule has 136 valence electrons. The molecule has 0 saturated carbocycles. The summed E-state index contributed by atoms with van der Waals surface area (Å²) in [4.78, 5) is 21.6. The van der Waals surface area contributed by atoms with Crippen molar-refractivity contribution in [1.82, 2.24) is 0 Å². The number of allylic oxidation sites excluding steroid dienone is 5. The van der Waals surface area contributed by atoms with E-state index >= 15 is 0 Å². The van der Waals surface area contributed by atoms with Crippen molar-refractivity contribution in [3.8, 4) is 0 Å². The highest BCUT2D eigenvalue weighted by molar-refractivity contribution is 5.91. The van der Waals surface area contributed by atoms with Crippen LogP contribution < -0.4 is 0 Å². The van der Waals surface area contributed by atoms with Gasteiger partial charge in [0.1, 0.15) is 0 Å². The summed E-state index contributed by atoms with van der Waals surface area (Å²) < 4.78 is 0. The SMILES string of the molecule is CCCCCCCCC(O)CCC=CC=CC(=O)CC=CC(=O)O. The van der Waals surface area contributed by atoms with Gasteiger partial charge in [-0.3, -0.25) is 4.79 Å². The van der Waals surface area contributed by atoms with Crippen LogP contribution in [0.3, 0.4) is 0 Å². The summed E-state index contributed by atoms with van der Waals surface area (Å²) in [5.41, 5.74) is 0. The lowest BCUT2D eigenvalue weighted by Gasteiger charge is -2.08. The lowest BCUT2D eigenvalue weighted by atomic mass is 10.0. The molecule has 0 spiro atoms. The van der Waals surface area contributed by atoms with E-state index in [2.05, 4.69) is 6.92 Å². The summed E-state index contributed by atoms with van der Waals surface area (Å²) in [5, 5.41) is 18.3. The highest BCUT2D eigenvalue weighted by atomic mass is 16.4. The number of carbonyl (C=O) groups excluding carboxylic acids is 1. The van der Waals surface area contributed by atoms with E-state index in [0.29, 0.717) is 0 Å². The van der Waals surface area contributed by atoms with Crippen LogP contribution in [-0.2, 0) is 9.59 Å². The minimum atomic E-state index is -1.05. The molecule has 4 nitrogen and oxygen atoms in total. The summed E-state index contributed by atoms with van der Waals surface area (Å²) in [6, 6.07) is 0. The van der Waals surface area contributed by atoms with E-state index < -0.39 is 5.97 Å². The van der Waals surface area contributed by atoms with Crippen LogP contribution in [0.15, 0.2) is 36.5 Å². The number of rotatable bonds is 15. The van der Waals surface area contributed by atoms with Gasteiger partial charge in [0.15, 0.2) is 5.78 Å². The predicted molar refractivity (Wildman–Crippen MR) is 97.9 cm³/mol. The zero-order valence-electron chi connectivity index (χ0n) is 14.8. The Hall–Kier alpha value is -1.68. The van der Waals surface area contributed by atoms with E-state index in [1.165, 1.54) is 44.3 Å². The van der Waals surface area contributed by atoms with Crippen molar-refractivity contribution in [1.29, 1.82) is 0 Å². The van der Waals surface area contributed by atoms with Crippen molar-refractivity contribution < 1.29 is 19.8 Å². The molecule has 1 unspecified atom stereocenters. The summed E-state index contributed by atoms with van der Waals surface area (Å²) in [5.74, 6) is -1.19. The molecule has 24 heavy (non-hydrogen) atoms. The topological polar surface area (TPSA) is 74.6 Å². The summed E-state index contributed by atoms with van der Waals surface area (Å²) in [7, 11) is 0. The molecule has 0 fully saturated rings. The molecule has 0 amide bonds. The zero-order chi connectivity index (χ0) is 18.0. The van der Waals surface area contributed by atoms with Crippen LogP contribution in [0.25, 0.3) is 0 Å². The minimum absolute atomic E-state index is 0.0909. The number of unbranched alkanes of at least 4 members (excludes halogenated alkanes) is 5. The molecule has 0 aliphatic carbocycles. The fraction of sp³-hybridized carbons (Fsp3) is 0.600. The Bertz CT molecular complexity index is 421. The molecule has 0 aliphatic rings. The second-order valence-corrected chi connectivity index (χ2v) is 5.99. The number of aliphatic carboxylic acids is 1. The fourth-order valence-electron chi connectivity index (χ4n) is 2.27. The van der Waals surface area contributed by atoms with E-state index in [-0.39, 0.29) is 18.3 Å². The van der Waals surface area contributed by atoms with Crippen molar-refractivity contribution in [3.63, 3.8) is 0 Å². The van der Waals surface area contributed by atoms with Gasteiger partial charge in [-0.25, -0.2) is 4.79 Å². The Morgan fingerprint density at radius 3 is 2.33 bits per heavy atom. The average molecular weight is 336 g/mol. The number of carboxylic acids is 1. The quantitative estimate of drug-likeness (QED) is 0.260. The highest BCUT2D eigenvalue weighted by Crippen LogP contribution is 2.11. The molecule has 0 aliphatic heterocycles. The third-order valence-electron chi connectivity index (χ3n) is 3.67. The van der Waals surface area contributed by atoms with E-state index in [4.69, 9.17) is 5.11 Å². The zero-order valence-corrected chi connectivity index (χ0v) is 14.8. The normalized spacial score (nSPS) is 13.2. The van der Waals surface area contributed by atoms with Crippen molar-refractivity contribution in [3.05, 3.63) is 36.5 Å². The van der Waals surface area contributed by atoms with Crippen molar-refractivity contribution in [2.24, 2.45) is 0 Å². The molecular formula is C20H32O4. The Morgan fingerprint density at radius 2 is 1.62 bits per heavy atom. The lowest BCUT2D eigenvalue weighted by molar-refractivity contribution is -0.131. The largest absolute Gasteiger partial charge is 0.478 e. The Morgan fingerprint density at radius 1 is 0.917 bits per heavy atom. The molecule has 0 rings (SSSR count). The molecule has 0 heterocycles. The number of carboxylic acid groups (broad SMARTS) is 1. The molecular weight excluding hydrogens is 304 g/mol. The van der Waals surface area contributed by atoms with Gasteiger partial charge in [-0.1, -0.05) is 69.8 Å². The van der Waals surface area contributed by atoms with Crippen LogP contribution in [-0.4, -0.2) is 28.1 Å². The van der Waals surface area contributed by atoms with Crippen LogP contribution in [0.5, 0.6) is 0 Å². The molecule has 0 radical (unpaired) electrons. The van der Waals surface area contributed by atoms with Gasteiger partial charge in [0.25, 0.3) is 0 Å². The molecule has 0 aromatic heterocycles. The standard InChI is InChI=1S/C20H32O4/c1-2-3-4-5-6-9-13-18(21)14-10-7-8-11-15-19(22)16-12-17-20(23)24/h7-8,11-12,15,17-18,21H,2-6,9-10,13-14,16H2,1H3,(H,23,24). The van der Waals surface area contributed by atoms with E-state index in [1.54, 1.807) is 12.2 Å². The van der Waals surface area contributed by atoms with E-state index in [1.807, 2.05) is 6.08 Å². The number of carbonyl (C=O) groups is 2. The molecule has 0 saturated heterocycles. The maximum Gasteiger partial charge on any atom is 0.327 e. The lowest BCUT2D eigenvalue weighted by Crippen LogP contribution is -2.05. The van der Waals surface area contributed by atoms with E-state index in [9.17, 15) is 14.7 Å². The minimum Gasteiger partial charge on any atom is -0.478 e. The van der Waals surface area contributed by atoms with Crippen molar-refractivity contribution in [2.75, 3.05) is 0 Å². The maximum absolute atomic E-state index is 11.4. The van der Waals surface area contributed by atoms with Gasteiger partial charge >= 0.3 is 5.97 Å². The number of ketones is 1. The van der Waals surface area contributed by atoms with Gasteiger partial charge in [-0.05, 0) is 25.3 Å². The first-order chi connectivity index (χ1) is 11.6.